The van der Waals surface area contributed by atoms with Crippen molar-refractivity contribution in [3.8, 4) is 0 Å². The van der Waals surface area contributed by atoms with Crippen molar-refractivity contribution in [3.63, 3.8) is 0 Å². The minimum absolute atomic E-state index is 0.0252. The summed E-state index contributed by atoms with van der Waals surface area (Å²) in [6, 6.07) is 6.81. The molecule has 154 valence electrons. The summed E-state index contributed by atoms with van der Waals surface area (Å²) in [6.45, 7) is 0.565. The second-order valence-electron chi connectivity index (χ2n) is 6.75. The van der Waals surface area contributed by atoms with E-state index in [4.69, 9.17) is 5.73 Å². The van der Waals surface area contributed by atoms with Gasteiger partial charge in [-0.2, -0.15) is 0 Å². The van der Waals surface area contributed by atoms with Crippen LogP contribution in [0.3, 0.4) is 0 Å². The Bertz CT molecular complexity index is 1010. The molecule has 0 bridgehead atoms. The van der Waals surface area contributed by atoms with E-state index in [0.717, 1.165) is 11.8 Å². The number of likely N-dealkylation sites (tertiary alicyclic amines) is 1. The standard InChI is InChI=1S/C19H22N4O5S/c1-28-16(25)10-23-18(27)13-6-2-3-7-14(13)21-19(23)29-11-15(24)22-8-4-5-12(9-22)17(20)26/h2-3,6-7,12H,4-5,8-11H2,1H3,(H2,20,26)/t12-/m0/s1. The molecule has 9 nitrogen and oxygen atoms in total. The minimum Gasteiger partial charge on any atom is -0.468 e. The monoisotopic (exact) mass is 418 g/mol. The summed E-state index contributed by atoms with van der Waals surface area (Å²) in [5.74, 6) is -1.48. The summed E-state index contributed by atoms with van der Waals surface area (Å²) in [7, 11) is 1.24. The molecular weight excluding hydrogens is 396 g/mol. The van der Waals surface area contributed by atoms with Crippen LogP contribution in [0.15, 0.2) is 34.2 Å². The van der Waals surface area contributed by atoms with Crippen LogP contribution in [0.1, 0.15) is 12.8 Å². The second-order valence-corrected chi connectivity index (χ2v) is 7.69. The molecule has 1 saturated heterocycles. The van der Waals surface area contributed by atoms with Crippen molar-refractivity contribution in [2.45, 2.75) is 24.5 Å². The van der Waals surface area contributed by atoms with Gasteiger partial charge in [0.1, 0.15) is 6.54 Å². The maximum Gasteiger partial charge on any atom is 0.325 e. The van der Waals surface area contributed by atoms with E-state index in [1.54, 1.807) is 29.2 Å². The predicted molar refractivity (Wildman–Crippen MR) is 107 cm³/mol. The van der Waals surface area contributed by atoms with Crippen LogP contribution in [0, 0.1) is 5.92 Å². The van der Waals surface area contributed by atoms with E-state index in [1.165, 1.54) is 11.7 Å². The Hall–Kier alpha value is -2.88. The highest BCUT2D eigenvalue weighted by atomic mass is 32.2. The van der Waals surface area contributed by atoms with Gasteiger partial charge in [-0.25, -0.2) is 4.98 Å². The number of thioether (sulfide) groups is 1. The molecule has 0 spiro atoms. The number of benzene rings is 1. The molecule has 1 aliphatic rings. The zero-order chi connectivity index (χ0) is 21.0. The van der Waals surface area contributed by atoms with Crippen LogP contribution in [0.5, 0.6) is 0 Å². The van der Waals surface area contributed by atoms with Crippen molar-refractivity contribution < 1.29 is 19.1 Å². The van der Waals surface area contributed by atoms with Gasteiger partial charge in [0.15, 0.2) is 5.16 Å². The molecule has 29 heavy (non-hydrogen) atoms. The van der Waals surface area contributed by atoms with Crippen LogP contribution in [-0.2, 0) is 25.7 Å². The van der Waals surface area contributed by atoms with E-state index < -0.39 is 11.9 Å². The van der Waals surface area contributed by atoms with Gasteiger partial charge >= 0.3 is 5.97 Å². The minimum atomic E-state index is -0.585. The lowest BCUT2D eigenvalue weighted by Crippen LogP contribution is -2.44. The second kappa shape index (κ2) is 9.08. The van der Waals surface area contributed by atoms with Crippen molar-refractivity contribution in [1.29, 1.82) is 0 Å². The summed E-state index contributed by atoms with van der Waals surface area (Å²) in [4.78, 5) is 54.7. The van der Waals surface area contributed by atoms with Crippen LogP contribution in [0.25, 0.3) is 10.9 Å². The van der Waals surface area contributed by atoms with E-state index in [9.17, 15) is 19.2 Å². The Morgan fingerprint density at radius 2 is 2.07 bits per heavy atom. The summed E-state index contributed by atoms with van der Waals surface area (Å²) >= 11 is 1.08. The Kier molecular flexibility index (Phi) is 6.53. The number of hydrogen-bond donors (Lipinski definition) is 1. The fourth-order valence-corrected chi connectivity index (χ4v) is 4.15. The molecular formula is C19H22N4O5S. The number of esters is 1. The van der Waals surface area contributed by atoms with Crippen molar-refractivity contribution in [1.82, 2.24) is 14.5 Å². The Balaban J connectivity index is 1.82. The van der Waals surface area contributed by atoms with Gasteiger partial charge in [0, 0.05) is 13.1 Å². The van der Waals surface area contributed by atoms with Gasteiger partial charge in [0.25, 0.3) is 5.56 Å². The number of ether oxygens (including phenoxy) is 1. The molecule has 1 fully saturated rings. The van der Waals surface area contributed by atoms with Crippen LogP contribution < -0.4 is 11.3 Å². The lowest BCUT2D eigenvalue weighted by molar-refractivity contribution is -0.141. The molecule has 1 aliphatic heterocycles. The number of piperidine rings is 1. The number of para-hydroxylation sites is 1. The zero-order valence-electron chi connectivity index (χ0n) is 16.0. The lowest BCUT2D eigenvalue weighted by Gasteiger charge is -2.31. The van der Waals surface area contributed by atoms with E-state index in [0.29, 0.717) is 36.8 Å². The average molecular weight is 418 g/mol. The highest BCUT2D eigenvalue weighted by Crippen LogP contribution is 2.21. The molecule has 0 aliphatic carbocycles. The quantitative estimate of drug-likeness (QED) is 0.409. The van der Waals surface area contributed by atoms with E-state index in [1.807, 2.05) is 0 Å². The van der Waals surface area contributed by atoms with E-state index >= 15 is 0 Å². The molecule has 2 aromatic rings. The molecule has 1 atom stereocenters. The molecule has 2 heterocycles. The number of aromatic nitrogens is 2. The third-order valence-corrected chi connectivity index (χ3v) is 5.80. The SMILES string of the molecule is COC(=O)Cn1c(SCC(=O)N2CCC[C@H](C(N)=O)C2)nc2ccccc2c1=O. The van der Waals surface area contributed by atoms with Crippen LogP contribution in [-0.4, -0.2) is 58.2 Å². The third-order valence-electron chi connectivity index (χ3n) is 4.84. The van der Waals surface area contributed by atoms with Gasteiger partial charge in [-0.1, -0.05) is 23.9 Å². The summed E-state index contributed by atoms with van der Waals surface area (Å²) in [6.07, 6.45) is 1.39. The Morgan fingerprint density at radius 1 is 1.31 bits per heavy atom. The van der Waals surface area contributed by atoms with Crippen molar-refractivity contribution in [2.24, 2.45) is 11.7 Å². The highest BCUT2D eigenvalue weighted by Gasteiger charge is 2.27. The normalized spacial score (nSPS) is 16.6. The number of hydrogen-bond acceptors (Lipinski definition) is 7. The number of primary amides is 1. The van der Waals surface area contributed by atoms with Gasteiger partial charge in [-0.05, 0) is 25.0 Å². The van der Waals surface area contributed by atoms with Gasteiger partial charge in [-0.15, -0.1) is 0 Å². The number of rotatable bonds is 6. The van der Waals surface area contributed by atoms with Crippen LogP contribution in [0.4, 0.5) is 0 Å². The number of fused-ring (bicyclic) bond motifs is 1. The number of methoxy groups -OCH3 is 1. The number of amides is 2. The van der Waals surface area contributed by atoms with Gasteiger partial charge in [0.05, 0.1) is 29.7 Å². The van der Waals surface area contributed by atoms with Gasteiger partial charge < -0.3 is 15.4 Å². The van der Waals surface area contributed by atoms with Crippen LogP contribution in [0.2, 0.25) is 0 Å². The molecule has 1 aromatic carbocycles. The molecule has 1 aromatic heterocycles. The largest absolute Gasteiger partial charge is 0.468 e. The van der Waals surface area contributed by atoms with Gasteiger partial charge in [-0.3, -0.25) is 23.7 Å². The first kappa shape index (κ1) is 20.8. The topological polar surface area (TPSA) is 125 Å². The lowest BCUT2D eigenvalue weighted by atomic mass is 9.97. The molecule has 0 radical (unpaired) electrons. The van der Waals surface area contributed by atoms with E-state index in [2.05, 4.69) is 9.72 Å². The highest BCUT2D eigenvalue weighted by molar-refractivity contribution is 7.99. The fourth-order valence-electron chi connectivity index (χ4n) is 3.24. The molecule has 0 saturated carbocycles. The number of carbonyl (C=O) groups excluding carboxylic acids is 3. The molecule has 2 N–H and O–H groups in total. The average Bonchev–Trinajstić information content (AvgIpc) is 2.74. The predicted octanol–water partition coefficient (Wildman–Crippen LogP) is 0.386. The zero-order valence-corrected chi connectivity index (χ0v) is 16.8. The smallest absolute Gasteiger partial charge is 0.325 e. The number of carbonyl (C=O) groups is 3. The molecule has 3 rings (SSSR count). The van der Waals surface area contributed by atoms with Crippen LogP contribution >= 0.6 is 11.8 Å². The molecule has 2 amide bonds. The van der Waals surface area contributed by atoms with E-state index in [-0.39, 0.29) is 34.8 Å². The first-order chi connectivity index (χ1) is 13.9. The third kappa shape index (κ3) is 4.76. The summed E-state index contributed by atoms with van der Waals surface area (Å²) in [5.41, 5.74) is 5.48. The maximum atomic E-state index is 12.8. The maximum absolute atomic E-state index is 12.8. The summed E-state index contributed by atoms with van der Waals surface area (Å²) < 4.78 is 5.89. The van der Waals surface area contributed by atoms with Crippen molar-refractivity contribution in [3.05, 3.63) is 34.6 Å². The molecule has 0 unspecified atom stereocenters. The Morgan fingerprint density at radius 3 is 2.79 bits per heavy atom. The first-order valence-electron chi connectivity index (χ1n) is 9.17. The van der Waals surface area contributed by atoms with Gasteiger partial charge in [0.2, 0.25) is 11.8 Å². The van der Waals surface area contributed by atoms with Crippen molar-refractivity contribution in [2.75, 3.05) is 26.0 Å². The van der Waals surface area contributed by atoms with Crippen molar-refractivity contribution >= 4 is 40.4 Å². The fraction of sp³-hybridized carbons (Fsp3) is 0.421. The number of nitrogens with two attached hydrogens (primary N) is 1. The number of nitrogens with zero attached hydrogens (tertiary/aromatic N) is 3. The molecule has 10 heteroatoms. The Labute approximate surface area is 171 Å². The first-order valence-corrected chi connectivity index (χ1v) is 10.2. The summed E-state index contributed by atoms with van der Waals surface area (Å²) in [5, 5.41) is 0.642.